The summed E-state index contributed by atoms with van der Waals surface area (Å²) in [5, 5.41) is 19.8. The first-order valence-corrected chi connectivity index (χ1v) is 5.65. The topological polar surface area (TPSA) is 44.0 Å². The van der Waals surface area contributed by atoms with Gasteiger partial charge in [-0.25, -0.2) is 0 Å². The van der Waals surface area contributed by atoms with E-state index in [9.17, 15) is 10.4 Å². The second-order valence-corrected chi connectivity index (χ2v) is 5.46. The number of nitriles is 1. The second kappa shape index (κ2) is 2.97. The highest BCUT2D eigenvalue weighted by Gasteiger charge is 2.57. The first-order chi connectivity index (χ1) is 6.52. The average molecular weight is 193 g/mol. The van der Waals surface area contributed by atoms with E-state index in [-0.39, 0.29) is 0 Å². The van der Waals surface area contributed by atoms with Crippen molar-refractivity contribution in [3.63, 3.8) is 0 Å². The van der Waals surface area contributed by atoms with Gasteiger partial charge in [-0.3, -0.25) is 0 Å². The molecule has 0 aliphatic heterocycles. The van der Waals surface area contributed by atoms with Crippen LogP contribution >= 0.6 is 0 Å². The van der Waals surface area contributed by atoms with Crippen molar-refractivity contribution in [2.24, 2.45) is 17.3 Å². The van der Waals surface area contributed by atoms with Gasteiger partial charge in [0, 0.05) is 0 Å². The van der Waals surface area contributed by atoms with Gasteiger partial charge in [0.05, 0.1) is 17.1 Å². The molecule has 2 saturated carbocycles. The molecule has 0 aromatic heterocycles. The summed E-state index contributed by atoms with van der Waals surface area (Å²) in [6.45, 7) is 4.06. The van der Waals surface area contributed by atoms with E-state index in [2.05, 4.69) is 13.0 Å². The zero-order chi connectivity index (χ0) is 10.4. The lowest BCUT2D eigenvalue weighted by molar-refractivity contribution is -0.0571. The van der Waals surface area contributed by atoms with Crippen LogP contribution in [0.25, 0.3) is 0 Å². The Hall–Kier alpha value is -0.550. The molecule has 3 atom stereocenters. The number of hydrogen-bond donors (Lipinski definition) is 1. The molecular weight excluding hydrogens is 174 g/mol. The number of hydrogen-bond acceptors (Lipinski definition) is 2. The molecular formula is C12H19NO. The van der Waals surface area contributed by atoms with E-state index in [1.807, 2.05) is 6.92 Å². The van der Waals surface area contributed by atoms with Crippen molar-refractivity contribution in [1.29, 1.82) is 5.26 Å². The summed E-state index contributed by atoms with van der Waals surface area (Å²) >= 11 is 0. The summed E-state index contributed by atoms with van der Waals surface area (Å²) in [6, 6.07) is 2.42. The summed E-state index contributed by atoms with van der Waals surface area (Å²) in [6.07, 6.45) is 5.06. The molecule has 0 amide bonds. The van der Waals surface area contributed by atoms with Crippen LogP contribution in [0.3, 0.4) is 0 Å². The first-order valence-electron chi connectivity index (χ1n) is 5.65. The lowest BCUT2D eigenvalue weighted by Gasteiger charge is -2.38. The Morgan fingerprint density at radius 2 is 2.07 bits per heavy atom. The van der Waals surface area contributed by atoms with Crippen LogP contribution in [0.1, 0.15) is 46.0 Å². The molecule has 0 saturated heterocycles. The molecule has 2 rings (SSSR count). The molecule has 78 valence electrons. The van der Waals surface area contributed by atoms with E-state index in [0.717, 1.165) is 32.1 Å². The lowest BCUT2D eigenvalue weighted by Crippen LogP contribution is -2.45. The third-order valence-corrected chi connectivity index (χ3v) is 4.32. The highest BCUT2D eigenvalue weighted by molar-refractivity contribution is 5.16. The minimum atomic E-state index is -0.744. The van der Waals surface area contributed by atoms with Crippen molar-refractivity contribution in [3.05, 3.63) is 0 Å². The molecule has 1 N–H and O–H groups in total. The Kier molecular flexibility index (Phi) is 2.12. The molecule has 0 aromatic rings. The van der Waals surface area contributed by atoms with Crippen molar-refractivity contribution < 1.29 is 5.11 Å². The summed E-state index contributed by atoms with van der Waals surface area (Å²) < 4.78 is 0. The summed E-state index contributed by atoms with van der Waals surface area (Å²) in [5.74, 6) is 0.979. The Morgan fingerprint density at radius 3 is 2.43 bits per heavy atom. The maximum absolute atomic E-state index is 10.5. The van der Waals surface area contributed by atoms with Gasteiger partial charge >= 0.3 is 0 Å². The molecule has 0 bridgehead atoms. The fraction of sp³-hybridized carbons (Fsp3) is 0.917. The monoisotopic (exact) mass is 193 g/mol. The minimum Gasteiger partial charge on any atom is -0.388 e. The standard InChI is InChI=1S/C12H19NO/c1-9-5-6-12(7-9,8-13)11(2,14)10-3-4-10/h9-10,14H,3-7H2,1-2H3. The van der Waals surface area contributed by atoms with E-state index >= 15 is 0 Å². The van der Waals surface area contributed by atoms with Crippen molar-refractivity contribution in [3.8, 4) is 6.07 Å². The molecule has 2 heteroatoms. The van der Waals surface area contributed by atoms with Crippen molar-refractivity contribution in [2.45, 2.75) is 51.6 Å². The number of rotatable bonds is 2. The fourth-order valence-corrected chi connectivity index (χ4v) is 3.00. The molecule has 0 aromatic carbocycles. The van der Waals surface area contributed by atoms with Gasteiger partial charge in [0.2, 0.25) is 0 Å². The maximum Gasteiger partial charge on any atom is 0.0862 e. The van der Waals surface area contributed by atoms with E-state index in [0.29, 0.717) is 11.8 Å². The first kappa shape index (κ1) is 9.98. The molecule has 0 radical (unpaired) electrons. The van der Waals surface area contributed by atoms with Crippen LogP contribution in [0.15, 0.2) is 0 Å². The second-order valence-electron chi connectivity index (χ2n) is 5.46. The predicted molar refractivity (Wildman–Crippen MR) is 54.4 cm³/mol. The van der Waals surface area contributed by atoms with Crippen LogP contribution in [-0.2, 0) is 0 Å². The summed E-state index contributed by atoms with van der Waals surface area (Å²) in [4.78, 5) is 0. The van der Waals surface area contributed by atoms with Gasteiger partial charge in [0.15, 0.2) is 0 Å². The van der Waals surface area contributed by atoms with E-state index in [1.54, 1.807) is 0 Å². The van der Waals surface area contributed by atoms with Gasteiger partial charge in [-0.05, 0) is 50.9 Å². The van der Waals surface area contributed by atoms with Gasteiger partial charge in [-0.2, -0.15) is 5.26 Å². The largest absolute Gasteiger partial charge is 0.388 e. The Labute approximate surface area is 85.9 Å². The third-order valence-electron chi connectivity index (χ3n) is 4.32. The Balaban J connectivity index is 2.24. The highest BCUT2D eigenvalue weighted by Crippen LogP contribution is 2.56. The molecule has 2 fully saturated rings. The van der Waals surface area contributed by atoms with E-state index in [4.69, 9.17) is 0 Å². The Bertz CT molecular complexity index is 275. The Morgan fingerprint density at radius 1 is 1.43 bits per heavy atom. The molecule has 14 heavy (non-hydrogen) atoms. The quantitative estimate of drug-likeness (QED) is 0.732. The maximum atomic E-state index is 10.5. The van der Waals surface area contributed by atoms with Crippen molar-refractivity contribution >= 4 is 0 Å². The third kappa shape index (κ3) is 1.26. The van der Waals surface area contributed by atoms with Gasteiger partial charge < -0.3 is 5.11 Å². The molecule has 0 spiro atoms. The van der Waals surface area contributed by atoms with Crippen molar-refractivity contribution in [1.82, 2.24) is 0 Å². The van der Waals surface area contributed by atoms with Crippen LogP contribution in [0.2, 0.25) is 0 Å². The summed E-state index contributed by atoms with van der Waals surface area (Å²) in [5.41, 5.74) is -1.19. The van der Waals surface area contributed by atoms with Gasteiger partial charge in [-0.1, -0.05) is 6.92 Å². The van der Waals surface area contributed by atoms with Gasteiger partial charge in [0.25, 0.3) is 0 Å². The van der Waals surface area contributed by atoms with E-state index < -0.39 is 11.0 Å². The van der Waals surface area contributed by atoms with Gasteiger partial charge in [-0.15, -0.1) is 0 Å². The van der Waals surface area contributed by atoms with Crippen LogP contribution < -0.4 is 0 Å². The van der Waals surface area contributed by atoms with Crippen molar-refractivity contribution in [2.75, 3.05) is 0 Å². The normalized spacial score (nSPS) is 41.7. The van der Waals surface area contributed by atoms with Crippen LogP contribution in [-0.4, -0.2) is 10.7 Å². The highest BCUT2D eigenvalue weighted by atomic mass is 16.3. The fourth-order valence-electron chi connectivity index (χ4n) is 3.00. The molecule has 2 aliphatic rings. The van der Waals surface area contributed by atoms with E-state index in [1.165, 1.54) is 0 Å². The molecule has 2 aliphatic carbocycles. The predicted octanol–water partition coefficient (Wildman–Crippen LogP) is 2.48. The smallest absolute Gasteiger partial charge is 0.0862 e. The van der Waals surface area contributed by atoms with Gasteiger partial charge in [0.1, 0.15) is 0 Å². The number of nitrogens with zero attached hydrogens (tertiary/aromatic N) is 1. The zero-order valence-corrected chi connectivity index (χ0v) is 9.08. The summed E-state index contributed by atoms with van der Waals surface area (Å²) in [7, 11) is 0. The molecule has 0 heterocycles. The zero-order valence-electron chi connectivity index (χ0n) is 9.08. The lowest BCUT2D eigenvalue weighted by atomic mass is 9.69. The average Bonchev–Trinajstić information content (AvgIpc) is 2.91. The van der Waals surface area contributed by atoms with Crippen LogP contribution in [0.5, 0.6) is 0 Å². The number of aliphatic hydroxyl groups is 1. The van der Waals surface area contributed by atoms with Crippen LogP contribution in [0, 0.1) is 28.6 Å². The van der Waals surface area contributed by atoms with Crippen LogP contribution in [0.4, 0.5) is 0 Å². The molecule has 2 nitrogen and oxygen atoms in total. The minimum absolute atomic E-state index is 0.382. The SMILES string of the molecule is CC1CCC(C#N)(C(C)(O)C2CC2)C1. The molecule has 3 unspecified atom stereocenters.